The Morgan fingerprint density at radius 3 is 2.67 bits per heavy atom. The van der Waals surface area contributed by atoms with Crippen molar-refractivity contribution in [2.75, 3.05) is 31.6 Å². The lowest BCUT2D eigenvalue weighted by Gasteiger charge is -2.42. The van der Waals surface area contributed by atoms with Crippen LogP contribution in [0, 0.1) is 13.8 Å². The molecule has 156 valence electrons. The molecule has 0 bridgehead atoms. The number of hydrogen-bond acceptors (Lipinski definition) is 6. The van der Waals surface area contributed by atoms with E-state index in [4.69, 9.17) is 4.74 Å². The Labute approximate surface area is 175 Å². The summed E-state index contributed by atoms with van der Waals surface area (Å²) in [5, 5.41) is 13.1. The molecule has 3 N–H and O–H groups in total. The summed E-state index contributed by atoms with van der Waals surface area (Å²) in [5.41, 5.74) is 3.80. The van der Waals surface area contributed by atoms with Crippen LogP contribution in [0.3, 0.4) is 0 Å². The second-order valence-electron chi connectivity index (χ2n) is 7.71. The second-order valence-corrected chi connectivity index (χ2v) is 7.71. The smallest absolute Gasteiger partial charge is 0.289 e. The van der Waals surface area contributed by atoms with Crippen LogP contribution in [0.15, 0.2) is 42.7 Å². The topological polar surface area (TPSA) is 105 Å². The minimum atomic E-state index is -0.279. The van der Waals surface area contributed by atoms with Crippen LogP contribution in [0.1, 0.15) is 33.0 Å². The van der Waals surface area contributed by atoms with Gasteiger partial charge in [-0.1, -0.05) is 30.3 Å². The molecule has 1 aliphatic heterocycles. The van der Waals surface area contributed by atoms with Crippen molar-refractivity contribution < 1.29 is 9.53 Å². The van der Waals surface area contributed by atoms with Gasteiger partial charge in [0, 0.05) is 30.5 Å². The second kappa shape index (κ2) is 8.62. The van der Waals surface area contributed by atoms with Crippen LogP contribution in [0.25, 0.3) is 0 Å². The number of amides is 1. The normalized spacial score (nSPS) is 14.7. The van der Waals surface area contributed by atoms with E-state index in [-0.39, 0.29) is 17.1 Å². The Hall–Kier alpha value is -3.26. The summed E-state index contributed by atoms with van der Waals surface area (Å²) in [4.78, 5) is 21.7. The van der Waals surface area contributed by atoms with Crippen LogP contribution >= 0.6 is 0 Å². The average Bonchev–Trinajstić information content (AvgIpc) is 3.24. The van der Waals surface area contributed by atoms with Crippen molar-refractivity contribution >= 4 is 11.7 Å². The summed E-state index contributed by atoms with van der Waals surface area (Å²) in [7, 11) is 0. The number of nitrogens with one attached hydrogen (secondary N) is 3. The maximum absolute atomic E-state index is 12.8. The number of rotatable bonds is 8. The van der Waals surface area contributed by atoms with Crippen molar-refractivity contribution in [1.82, 2.24) is 25.5 Å². The summed E-state index contributed by atoms with van der Waals surface area (Å²) in [6.45, 7) is 6.19. The van der Waals surface area contributed by atoms with E-state index < -0.39 is 0 Å². The zero-order valence-electron chi connectivity index (χ0n) is 17.2. The van der Waals surface area contributed by atoms with E-state index in [1.807, 2.05) is 38.2 Å². The number of nitrogens with zero attached hydrogens (tertiary/aromatic N) is 3. The van der Waals surface area contributed by atoms with Gasteiger partial charge in [-0.15, -0.1) is 0 Å². The molecule has 2 aromatic heterocycles. The first-order valence-corrected chi connectivity index (χ1v) is 10.1. The van der Waals surface area contributed by atoms with Gasteiger partial charge in [0.1, 0.15) is 5.82 Å². The van der Waals surface area contributed by atoms with Gasteiger partial charge in [-0.05, 0) is 31.4 Å². The largest absolute Gasteiger partial charge is 0.379 e. The van der Waals surface area contributed by atoms with Crippen molar-refractivity contribution in [3.05, 3.63) is 70.9 Å². The van der Waals surface area contributed by atoms with Gasteiger partial charge in [-0.25, -0.2) is 9.97 Å². The molecule has 8 heteroatoms. The predicted molar refractivity (Wildman–Crippen MR) is 114 cm³/mol. The Kier molecular flexibility index (Phi) is 5.76. The number of aromatic amines is 1. The molecule has 4 rings (SSSR count). The third kappa shape index (κ3) is 4.18. The maximum atomic E-state index is 12.8. The molecule has 1 aromatic carbocycles. The number of carbonyl (C=O) groups is 1. The lowest BCUT2D eigenvalue weighted by molar-refractivity contribution is -0.0580. The third-order valence-corrected chi connectivity index (χ3v) is 5.58. The molecule has 8 nitrogen and oxygen atoms in total. The quantitative estimate of drug-likeness (QED) is 0.530. The summed E-state index contributed by atoms with van der Waals surface area (Å²) in [5.74, 6) is 0.575. The molecular weight excluding hydrogens is 380 g/mol. The molecule has 1 amide bonds. The molecule has 3 heterocycles. The molecule has 0 atom stereocenters. The van der Waals surface area contributed by atoms with E-state index in [0.717, 1.165) is 23.2 Å². The first-order chi connectivity index (χ1) is 14.6. The van der Waals surface area contributed by atoms with Crippen molar-refractivity contribution in [3.8, 4) is 0 Å². The fourth-order valence-electron chi connectivity index (χ4n) is 3.48. The molecule has 1 saturated heterocycles. The summed E-state index contributed by atoms with van der Waals surface area (Å²) in [6, 6.07) is 10.1. The Bertz CT molecular complexity index is 1000. The Morgan fingerprint density at radius 2 is 2.00 bits per heavy atom. The van der Waals surface area contributed by atoms with E-state index in [1.54, 1.807) is 6.20 Å². The van der Waals surface area contributed by atoms with Gasteiger partial charge in [-0.2, -0.15) is 5.10 Å². The van der Waals surface area contributed by atoms with Gasteiger partial charge in [-0.3, -0.25) is 9.89 Å². The van der Waals surface area contributed by atoms with E-state index in [2.05, 4.69) is 42.9 Å². The van der Waals surface area contributed by atoms with Crippen LogP contribution in [0.4, 0.5) is 5.82 Å². The molecule has 0 unspecified atom stereocenters. The van der Waals surface area contributed by atoms with E-state index in [0.29, 0.717) is 32.1 Å². The van der Waals surface area contributed by atoms with Gasteiger partial charge >= 0.3 is 0 Å². The highest BCUT2D eigenvalue weighted by atomic mass is 16.5. The molecule has 1 aliphatic rings. The molecule has 0 aliphatic carbocycles. The first-order valence-electron chi connectivity index (χ1n) is 10.1. The number of carbonyl (C=O) groups excluding carboxylic acids is 1. The Balaban J connectivity index is 1.42. The summed E-state index contributed by atoms with van der Waals surface area (Å²) >= 11 is 0. The summed E-state index contributed by atoms with van der Waals surface area (Å²) < 4.78 is 5.46. The fourth-order valence-corrected chi connectivity index (χ4v) is 3.48. The fraction of sp³-hybridized carbons (Fsp3) is 0.364. The minimum Gasteiger partial charge on any atom is -0.379 e. The number of ether oxygens (including phenoxy) is 1. The minimum absolute atomic E-state index is 0.173. The standard InChI is InChI=1S/C22H26N6O2/c1-15-16(2)27-20(28-19(15)23-9-8-17-10-25-26-11-17)21(29)24-12-22(13-30-14-22)18-6-4-3-5-7-18/h3-7,10-11H,8-9,12-14H2,1-2H3,(H,24,29)(H,25,26)(H,23,27,28). The van der Waals surface area contributed by atoms with Crippen LogP contribution < -0.4 is 10.6 Å². The highest BCUT2D eigenvalue weighted by Gasteiger charge is 2.40. The van der Waals surface area contributed by atoms with Crippen molar-refractivity contribution in [2.45, 2.75) is 25.7 Å². The van der Waals surface area contributed by atoms with Gasteiger partial charge < -0.3 is 15.4 Å². The molecule has 0 saturated carbocycles. The van der Waals surface area contributed by atoms with Crippen LogP contribution in [-0.4, -0.2) is 52.4 Å². The number of H-pyrrole nitrogens is 1. The van der Waals surface area contributed by atoms with Crippen LogP contribution in [-0.2, 0) is 16.6 Å². The monoisotopic (exact) mass is 406 g/mol. The number of aromatic nitrogens is 4. The molecule has 0 spiro atoms. The van der Waals surface area contributed by atoms with Gasteiger partial charge in [0.15, 0.2) is 0 Å². The van der Waals surface area contributed by atoms with Crippen LogP contribution in [0.5, 0.6) is 0 Å². The molecule has 1 fully saturated rings. The van der Waals surface area contributed by atoms with E-state index >= 15 is 0 Å². The van der Waals surface area contributed by atoms with Crippen LogP contribution in [0.2, 0.25) is 0 Å². The summed E-state index contributed by atoms with van der Waals surface area (Å²) in [6.07, 6.45) is 4.47. The van der Waals surface area contributed by atoms with Gasteiger partial charge in [0.05, 0.1) is 24.8 Å². The van der Waals surface area contributed by atoms with E-state index in [1.165, 1.54) is 5.56 Å². The first kappa shape index (κ1) is 20.0. The highest BCUT2D eigenvalue weighted by molar-refractivity contribution is 5.91. The molecule has 30 heavy (non-hydrogen) atoms. The van der Waals surface area contributed by atoms with Gasteiger partial charge in [0.25, 0.3) is 5.91 Å². The van der Waals surface area contributed by atoms with Crippen molar-refractivity contribution in [3.63, 3.8) is 0 Å². The highest BCUT2D eigenvalue weighted by Crippen LogP contribution is 2.31. The number of aryl methyl sites for hydroxylation is 1. The zero-order chi connectivity index (χ0) is 21.0. The third-order valence-electron chi connectivity index (χ3n) is 5.58. The van der Waals surface area contributed by atoms with E-state index in [9.17, 15) is 4.79 Å². The van der Waals surface area contributed by atoms with Gasteiger partial charge in [0.2, 0.25) is 5.82 Å². The Morgan fingerprint density at radius 1 is 1.20 bits per heavy atom. The lowest BCUT2D eigenvalue weighted by Crippen LogP contribution is -2.54. The molecule has 0 radical (unpaired) electrons. The SMILES string of the molecule is Cc1nc(C(=O)NCC2(c3ccccc3)COC2)nc(NCCc2cn[nH]c2)c1C. The number of hydrogen-bond donors (Lipinski definition) is 3. The number of anilines is 1. The van der Waals surface area contributed by atoms with Crippen molar-refractivity contribution in [2.24, 2.45) is 0 Å². The molecule has 3 aromatic rings. The zero-order valence-corrected chi connectivity index (χ0v) is 17.2. The number of benzene rings is 1. The lowest BCUT2D eigenvalue weighted by atomic mass is 9.78. The molecular formula is C22H26N6O2. The average molecular weight is 406 g/mol. The van der Waals surface area contributed by atoms with Crippen molar-refractivity contribution in [1.29, 1.82) is 0 Å². The maximum Gasteiger partial charge on any atom is 0.289 e. The predicted octanol–water partition coefficient (Wildman–Crippen LogP) is 2.17.